The number of carbonyl (C=O) groups is 2. The molecule has 0 aliphatic carbocycles. The van der Waals surface area contributed by atoms with Gasteiger partial charge in [0.05, 0.1) is 12.8 Å². The van der Waals surface area contributed by atoms with Crippen LogP contribution in [0.25, 0.3) is 0 Å². The van der Waals surface area contributed by atoms with E-state index in [1.54, 1.807) is 19.2 Å². The largest absolute Gasteiger partial charge is 0.495 e. The zero-order valence-corrected chi connectivity index (χ0v) is 12.9. The first kappa shape index (κ1) is 14.8. The SMILES string of the molecule is COc1cc(Br)ccc1N(C=O)C1CCCCNC1=O. The van der Waals surface area contributed by atoms with Crippen molar-refractivity contribution in [2.45, 2.75) is 25.3 Å². The predicted octanol–water partition coefficient (Wildman–Crippen LogP) is 2.09. The van der Waals surface area contributed by atoms with Crippen LogP contribution >= 0.6 is 15.9 Å². The van der Waals surface area contributed by atoms with Crippen LogP contribution in [0.2, 0.25) is 0 Å². The minimum atomic E-state index is -0.481. The second-order valence-electron chi connectivity index (χ2n) is 4.63. The van der Waals surface area contributed by atoms with Crippen molar-refractivity contribution in [1.29, 1.82) is 0 Å². The fraction of sp³-hybridized carbons (Fsp3) is 0.429. The highest BCUT2D eigenvalue weighted by molar-refractivity contribution is 9.10. The van der Waals surface area contributed by atoms with Gasteiger partial charge in [-0.05, 0) is 37.5 Å². The minimum absolute atomic E-state index is 0.112. The van der Waals surface area contributed by atoms with Crippen LogP contribution in [-0.2, 0) is 9.59 Å². The number of nitrogens with zero attached hydrogens (tertiary/aromatic N) is 1. The van der Waals surface area contributed by atoms with Gasteiger partial charge in [0.2, 0.25) is 12.3 Å². The Morgan fingerprint density at radius 2 is 2.25 bits per heavy atom. The molecule has 0 aromatic heterocycles. The molecule has 1 atom stereocenters. The number of amides is 2. The summed E-state index contributed by atoms with van der Waals surface area (Å²) in [5.41, 5.74) is 0.604. The molecule has 1 aliphatic heterocycles. The molecule has 0 spiro atoms. The molecule has 5 nitrogen and oxygen atoms in total. The highest BCUT2D eigenvalue weighted by Gasteiger charge is 2.29. The van der Waals surface area contributed by atoms with E-state index >= 15 is 0 Å². The molecule has 20 heavy (non-hydrogen) atoms. The number of hydrogen-bond acceptors (Lipinski definition) is 3. The Bertz CT molecular complexity index is 507. The summed E-state index contributed by atoms with van der Waals surface area (Å²) < 4.78 is 6.16. The van der Waals surface area contributed by atoms with Crippen molar-refractivity contribution in [1.82, 2.24) is 5.32 Å². The van der Waals surface area contributed by atoms with E-state index in [9.17, 15) is 9.59 Å². The molecular formula is C14H17BrN2O3. The van der Waals surface area contributed by atoms with Crippen molar-refractivity contribution >= 4 is 33.9 Å². The fourth-order valence-electron chi connectivity index (χ4n) is 2.35. The van der Waals surface area contributed by atoms with Gasteiger partial charge >= 0.3 is 0 Å². The lowest BCUT2D eigenvalue weighted by atomic mass is 10.1. The van der Waals surface area contributed by atoms with E-state index in [0.29, 0.717) is 30.8 Å². The third-order valence-electron chi connectivity index (χ3n) is 3.38. The van der Waals surface area contributed by atoms with Crippen LogP contribution in [0.3, 0.4) is 0 Å². The van der Waals surface area contributed by atoms with Gasteiger partial charge in [-0.25, -0.2) is 0 Å². The summed E-state index contributed by atoms with van der Waals surface area (Å²) in [6.07, 6.45) is 3.20. The van der Waals surface area contributed by atoms with E-state index < -0.39 is 6.04 Å². The molecule has 1 fully saturated rings. The first-order chi connectivity index (χ1) is 9.67. The molecule has 1 aliphatic rings. The molecule has 1 saturated heterocycles. The van der Waals surface area contributed by atoms with Crippen molar-refractivity contribution in [3.63, 3.8) is 0 Å². The monoisotopic (exact) mass is 340 g/mol. The van der Waals surface area contributed by atoms with Crippen molar-refractivity contribution in [2.75, 3.05) is 18.6 Å². The number of nitrogens with one attached hydrogen (secondary N) is 1. The predicted molar refractivity (Wildman–Crippen MR) is 79.9 cm³/mol. The molecule has 1 N–H and O–H groups in total. The molecular weight excluding hydrogens is 324 g/mol. The fourth-order valence-corrected chi connectivity index (χ4v) is 2.69. The zero-order chi connectivity index (χ0) is 14.5. The Balaban J connectivity index is 2.36. The third kappa shape index (κ3) is 3.12. The van der Waals surface area contributed by atoms with Crippen LogP contribution in [0.1, 0.15) is 19.3 Å². The summed E-state index contributed by atoms with van der Waals surface area (Å²) in [7, 11) is 1.54. The van der Waals surface area contributed by atoms with E-state index in [1.165, 1.54) is 4.90 Å². The van der Waals surface area contributed by atoms with Crippen LogP contribution in [0.15, 0.2) is 22.7 Å². The Morgan fingerprint density at radius 1 is 1.45 bits per heavy atom. The van der Waals surface area contributed by atoms with E-state index in [1.807, 2.05) is 6.07 Å². The van der Waals surface area contributed by atoms with Crippen LogP contribution in [0, 0.1) is 0 Å². The lowest BCUT2D eigenvalue weighted by Gasteiger charge is -2.27. The van der Waals surface area contributed by atoms with Gasteiger partial charge in [0.15, 0.2) is 0 Å². The molecule has 0 radical (unpaired) electrons. The van der Waals surface area contributed by atoms with Crippen LogP contribution < -0.4 is 15.0 Å². The van der Waals surface area contributed by atoms with Crippen molar-refractivity contribution in [3.8, 4) is 5.75 Å². The summed E-state index contributed by atoms with van der Waals surface area (Å²) >= 11 is 3.36. The van der Waals surface area contributed by atoms with Gasteiger partial charge in [-0.1, -0.05) is 15.9 Å². The van der Waals surface area contributed by atoms with E-state index in [0.717, 1.165) is 17.3 Å². The lowest BCUT2D eigenvalue weighted by molar-refractivity contribution is -0.123. The smallest absolute Gasteiger partial charge is 0.243 e. The standard InChI is InChI=1S/C14H17BrN2O3/c1-20-13-8-10(15)5-6-11(13)17(9-18)12-4-2-3-7-16-14(12)19/h5-6,8-9,12H,2-4,7H2,1H3,(H,16,19). The van der Waals surface area contributed by atoms with Gasteiger partial charge in [0, 0.05) is 11.0 Å². The van der Waals surface area contributed by atoms with Crippen molar-refractivity contribution in [3.05, 3.63) is 22.7 Å². The first-order valence-electron chi connectivity index (χ1n) is 6.52. The first-order valence-corrected chi connectivity index (χ1v) is 7.31. The van der Waals surface area contributed by atoms with Crippen LogP contribution in [0.4, 0.5) is 5.69 Å². The number of anilines is 1. The zero-order valence-electron chi connectivity index (χ0n) is 11.3. The molecule has 2 rings (SSSR count). The average Bonchev–Trinajstić information content (AvgIpc) is 2.66. The number of rotatable bonds is 4. The van der Waals surface area contributed by atoms with Gasteiger partial charge in [0.25, 0.3) is 0 Å². The van der Waals surface area contributed by atoms with Crippen LogP contribution in [-0.4, -0.2) is 32.0 Å². The number of hydrogen-bond donors (Lipinski definition) is 1. The molecule has 6 heteroatoms. The number of carbonyl (C=O) groups excluding carboxylic acids is 2. The van der Waals surface area contributed by atoms with E-state index in [-0.39, 0.29) is 5.91 Å². The summed E-state index contributed by atoms with van der Waals surface area (Å²) in [6.45, 7) is 0.666. The van der Waals surface area contributed by atoms with Gasteiger partial charge in [-0.3, -0.25) is 14.5 Å². The molecule has 108 valence electrons. The molecule has 0 bridgehead atoms. The Labute approximate surface area is 126 Å². The Kier molecular flexibility index (Phi) is 5.00. The number of halogens is 1. The number of methoxy groups -OCH3 is 1. The van der Waals surface area contributed by atoms with Gasteiger partial charge < -0.3 is 10.1 Å². The normalized spacial score (nSPS) is 18.9. The molecule has 1 heterocycles. The van der Waals surface area contributed by atoms with Gasteiger partial charge in [-0.2, -0.15) is 0 Å². The highest BCUT2D eigenvalue weighted by atomic mass is 79.9. The highest BCUT2D eigenvalue weighted by Crippen LogP contribution is 2.32. The van der Waals surface area contributed by atoms with E-state index in [4.69, 9.17) is 4.74 Å². The summed E-state index contributed by atoms with van der Waals surface area (Å²) in [5, 5.41) is 2.84. The second-order valence-corrected chi connectivity index (χ2v) is 5.55. The van der Waals surface area contributed by atoms with Crippen molar-refractivity contribution < 1.29 is 14.3 Å². The lowest BCUT2D eigenvalue weighted by Crippen LogP contribution is -2.45. The molecule has 1 aromatic carbocycles. The Hall–Kier alpha value is -1.56. The average molecular weight is 341 g/mol. The number of benzene rings is 1. The van der Waals surface area contributed by atoms with Crippen molar-refractivity contribution in [2.24, 2.45) is 0 Å². The summed E-state index contributed by atoms with van der Waals surface area (Å²) in [6, 6.07) is 4.89. The number of ether oxygens (including phenoxy) is 1. The maximum Gasteiger partial charge on any atom is 0.243 e. The molecule has 1 aromatic rings. The summed E-state index contributed by atoms with van der Waals surface area (Å²) in [5.74, 6) is 0.447. The van der Waals surface area contributed by atoms with Crippen LogP contribution in [0.5, 0.6) is 5.75 Å². The molecule has 2 amide bonds. The topological polar surface area (TPSA) is 58.6 Å². The third-order valence-corrected chi connectivity index (χ3v) is 3.87. The maximum atomic E-state index is 12.1. The van der Waals surface area contributed by atoms with Gasteiger partial charge in [0.1, 0.15) is 11.8 Å². The molecule has 0 saturated carbocycles. The second kappa shape index (κ2) is 6.74. The maximum absolute atomic E-state index is 12.1. The minimum Gasteiger partial charge on any atom is -0.495 e. The Morgan fingerprint density at radius 3 is 2.95 bits per heavy atom. The summed E-state index contributed by atoms with van der Waals surface area (Å²) in [4.78, 5) is 25.0. The van der Waals surface area contributed by atoms with E-state index in [2.05, 4.69) is 21.2 Å². The quantitative estimate of drug-likeness (QED) is 0.854. The molecule has 1 unspecified atom stereocenters. The van der Waals surface area contributed by atoms with Gasteiger partial charge in [-0.15, -0.1) is 0 Å².